The molecule has 1 amide bonds. The van der Waals surface area contributed by atoms with Gasteiger partial charge in [-0.2, -0.15) is 0 Å². The minimum atomic E-state index is -0.130. The van der Waals surface area contributed by atoms with E-state index in [4.69, 9.17) is 9.47 Å². The van der Waals surface area contributed by atoms with Gasteiger partial charge in [0.05, 0.1) is 13.7 Å². The molecule has 1 aliphatic rings. The van der Waals surface area contributed by atoms with Crippen molar-refractivity contribution in [2.75, 3.05) is 25.6 Å². The predicted octanol–water partition coefficient (Wildman–Crippen LogP) is 3.35. The molecule has 0 bridgehead atoms. The van der Waals surface area contributed by atoms with E-state index in [0.29, 0.717) is 30.5 Å². The first-order valence-electron chi connectivity index (χ1n) is 9.81. The number of ether oxygens (including phenoxy) is 2. The number of carbonyl (C=O) groups is 1. The Kier molecular flexibility index (Phi) is 7.06. The van der Waals surface area contributed by atoms with Gasteiger partial charge < -0.3 is 20.1 Å². The summed E-state index contributed by atoms with van der Waals surface area (Å²) in [7, 11) is 1.63. The lowest BCUT2D eigenvalue weighted by atomic mass is 9.95. The van der Waals surface area contributed by atoms with E-state index in [-0.39, 0.29) is 11.9 Å². The van der Waals surface area contributed by atoms with E-state index in [1.54, 1.807) is 20.1 Å². The molecule has 150 valence electrons. The Morgan fingerprint density at radius 3 is 2.54 bits per heavy atom. The normalized spacial score (nSPS) is 14.4. The summed E-state index contributed by atoms with van der Waals surface area (Å²) in [5.74, 6) is 2.62. The molecule has 1 aromatic heterocycles. The van der Waals surface area contributed by atoms with Crippen LogP contribution in [0.2, 0.25) is 0 Å². The van der Waals surface area contributed by atoms with Crippen molar-refractivity contribution >= 4 is 11.7 Å². The maximum absolute atomic E-state index is 12.5. The Labute approximate surface area is 165 Å². The van der Waals surface area contributed by atoms with Crippen molar-refractivity contribution in [3.05, 3.63) is 41.9 Å². The molecule has 0 radical (unpaired) electrons. The van der Waals surface area contributed by atoms with Gasteiger partial charge in [-0.15, -0.1) is 0 Å². The topological polar surface area (TPSA) is 85.4 Å². The Morgan fingerprint density at radius 1 is 1.11 bits per heavy atom. The van der Waals surface area contributed by atoms with Crippen LogP contribution in [-0.2, 0) is 0 Å². The van der Waals surface area contributed by atoms with Crippen molar-refractivity contribution < 1.29 is 14.3 Å². The predicted molar refractivity (Wildman–Crippen MR) is 108 cm³/mol. The van der Waals surface area contributed by atoms with E-state index in [1.807, 2.05) is 24.3 Å². The second-order valence-corrected chi connectivity index (χ2v) is 6.94. The van der Waals surface area contributed by atoms with Gasteiger partial charge in [0.1, 0.15) is 35.4 Å². The Balaban J connectivity index is 1.50. The molecule has 0 unspecified atom stereocenters. The fraction of sp³-hybridized carbons (Fsp3) is 0.476. The van der Waals surface area contributed by atoms with Crippen molar-refractivity contribution in [2.45, 2.75) is 45.1 Å². The zero-order valence-electron chi connectivity index (χ0n) is 16.5. The summed E-state index contributed by atoms with van der Waals surface area (Å²) in [5.41, 5.74) is 0.400. The van der Waals surface area contributed by atoms with Gasteiger partial charge in [0, 0.05) is 12.1 Å². The molecular weight excluding hydrogens is 356 g/mol. The maximum atomic E-state index is 12.5. The number of hydrogen-bond acceptors (Lipinski definition) is 6. The SMILES string of the molecule is COc1ccc(OCCNc2cc(C(=O)NC3CCCCC3)nc(C)n2)cc1. The van der Waals surface area contributed by atoms with E-state index >= 15 is 0 Å². The second kappa shape index (κ2) is 9.92. The summed E-state index contributed by atoms with van der Waals surface area (Å²) < 4.78 is 10.8. The van der Waals surface area contributed by atoms with Crippen LogP contribution in [0.15, 0.2) is 30.3 Å². The zero-order chi connectivity index (χ0) is 19.8. The third-order valence-electron chi connectivity index (χ3n) is 4.75. The average molecular weight is 384 g/mol. The number of benzene rings is 1. The summed E-state index contributed by atoms with van der Waals surface area (Å²) in [6.45, 7) is 2.82. The highest BCUT2D eigenvalue weighted by Gasteiger charge is 2.18. The number of carbonyl (C=O) groups excluding carboxylic acids is 1. The molecule has 2 N–H and O–H groups in total. The molecule has 3 rings (SSSR count). The monoisotopic (exact) mass is 384 g/mol. The van der Waals surface area contributed by atoms with Gasteiger partial charge in [0.15, 0.2) is 0 Å². The molecule has 2 aromatic rings. The van der Waals surface area contributed by atoms with Gasteiger partial charge in [-0.25, -0.2) is 9.97 Å². The molecule has 1 aliphatic carbocycles. The lowest BCUT2D eigenvalue weighted by Crippen LogP contribution is -2.36. The van der Waals surface area contributed by atoms with Gasteiger partial charge in [-0.05, 0) is 44.0 Å². The lowest BCUT2D eigenvalue weighted by Gasteiger charge is -2.22. The quantitative estimate of drug-likeness (QED) is 0.679. The first kappa shape index (κ1) is 19.9. The second-order valence-electron chi connectivity index (χ2n) is 6.94. The molecule has 7 heteroatoms. The van der Waals surface area contributed by atoms with E-state index < -0.39 is 0 Å². The van der Waals surface area contributed by atoms with Gasteiger partial charge >= 0.3 is 0 Å². The highest BCUT2D eigenvalue weighted by molar-refractivity contribution is 5.93. The number of hydrogen-bond donors (Lipinski definition) is 2. The zero-order valence-corrected chi connectivity index (χ0v) is 16.5. The van der Waals surface area contributed by atoms with Crippen molar-refractivity contribution in [1.29, 1.82) is 0 Å². The number of methoxy groups -OCH3 is 1. The van der Waals surface area contributed by atoms with Crippen LogP contribution in [0.3, 0.4) is 0 Å². The van der Waals surface area contributed by atoms with Crippen LogP contribution in [0.25, 0.3) is 0 Å². The smallest absolute Gasteiger partial charge is 0.270 e. The van der Waals surface area contributed by atoms with Crippen LogP contribution in [0.5, 0.6) is 11.5 Å². The molecule has 1 heterocycles. The summed E-state index contributed by atoms with van der Waals surface area (Å²) in [6.07, 6.45) is 5.70. The van der Waals surface area contributed by atoms with Gasteiger partial charge in [0.25, 0.3) is 5.91 Å². The number of nitrogens with one attached hydrogen (secondary N) is 2. The first-order valence-corrected chi connectivity index (χ1v) is 9.81. The van der Waals surface area contributed by atoms with E-state index in [0.717, 1.165) is 24.3 Å². The maximum Gasteiger partial charge on any atom is 0.270 e. The standard InChI is InChI=1S/C21H28N4O3/c1-15-23-19(21(26)25-16-6-4-3-5-7-16)14-20(24-15)22-12-13-28-18-10-8-17(27-2)9-11-18/h8-11,14,16H,3-7,12-13H2,1-2H3,(H,25,26)(H,22,23,24). The van der Waals surface area contributed by atoms with Crippen LogP contribution in [0, 0.1) is 6.92 Å². The minimum absolute atomic E-state index is 0.130. The van der Waals surface area contributed by atoms with Crippen LogP contribution in [0.4, 0.5) is 5.82 Å². The van der Waals surface area contributed by atoms with Crippen molar-refractivity contribution in [3.63, 3.8) is 0 Å². The molecule has 1 saturated carbocycles. The first-order chi connectivity index (χ1) is 13.6. The number of amides is 1. The summed E-state index contributed by atoms with van der Waals surface area (Å²) in [5, 5.41) is 6.29. The van der Waals surface area contributed by atoms with Crippen LogP contribution < -0.4 is 20.1 Å². The number of rotatable bonds is 8. The summed E-state index contributed by atoms with van der Waals surface area (Å²) in [4.78, 5) is 21.2. The molecule has 7 nitrogen and oxygen atoms in total. The molecule has 0 atom stereocenters. The third-order valence-corrected chi connectivity index (χ3v) is 4.75. The average Bonchev–Trinajstić information content (AvgIpc) is 2.72. The molecule has 1 fully saturated rings. The van der Waals surface area contributed by atoms with Gasteiger partial charge in [-0.1, -0.05) is 19.3 Å². The van der Waals surface area contributed by atoms with Gasteiger partial charge in [0.2, 0.25) is 0 Å². The lowest BCUT2D eigenvalue weighted by molar-refractivity contribution is 0.0922. The number of anilines is 1. The molecular formula is C21H28N4O3. The Hall–Kier alpha value is -2.83. The highest BCUT2D eigenvalue weighted by atomic mass is 16.5. The molecule has 0 spiro atoms. The largest absolute Gasteiger partial charge is 0.497 e. The Bertz CT molecular complexity index is 774. The van der Waals surface area contributed by atoms with Crippen LogP contribution in [0.1, 0.15) is 48.4 Å². The number of aromatic nitrogens is 2. The summed E-state index contributed by atoms with van der Waals surface area (Å²) in [6, 6.07) is 9.38. The van der Waals surface area contributed by atoms with Crippen molar-refractivity contribution in [1.82, 2.24) is 15.3 Å². The number of nitrogens with zero attached hydrogens (tertiary/aromatic N) is 2. The van der Waals surface area contributed by atoms with E-state index in [9.17, 15) is 4.79 Å². The molecule has 1 aromatic carbocycles. The van der Waals surface area contributed by atoms with Gasteiger partial charge in [-0.3, -0.25) is 4.79 Å². The highest BCUT2D eigenvalue weighted by Crippen LogP contribution is 2.18. The Morgan fingerprint density at radius 2 is 1.82 bits per heavy atom. The number of aryl methyl sites for hydroxylation is 1. The fourth-order valence-electron chi connectivity index (χ4n) is 3.30. The van der Waals surface area contributed by atoms with E-state index in [2.05, 4.69) is 20.6 Å². The molecule has 28 heavy (non-hydrogen) atoms. The fourth-order valence-corrected chi connectivity index (χ4v) is 3.30. The van der Waals surface area contributed by atoms with Crippen LogP contribution >= 0.6 is 0 Å². The summed E-state index contributed by atoms with van der Waals surface area (Å²) >= 11 is 0. The van der Waals surface area contributed by atoms with Crippen LogP contribution in [-0.4, -0.2) is 42.2 Å². The minimum Gasteiger partial charge on any atom is -0.497 e. The molecule has 0 aliphatic heterocycles. The van der Waals surface area contributed by atoms with Crippen molar-refractivity contribution in [3.8, 4) is 11.5 Å². The molecule has 0 saturated heterocycles. The van der Waals surface area contributed by atoms with E-state index in [1.165, 1.54) is 19.3 Å². The third kappa shape index (κ3) is 5.84. The van der Waals surface area contributed by atoms with Crippen molar-refractivity contribution in [2.24, 2.45) is 0 Å².